The summed E-state index contributed by atoms with van der Waals surface area (Å²) in [6.45, 7) is 2.00. The number of nitrogens with zero attached hydrogens (tertiary/aromatic N) is 2. The normalized spacial score (nSPS) is 10.5. The number of methoxy groups -OCH3 is 1. The summed E-state index contributed by atoms with van der Waals surface area (Å²) in [5, 5.41) is 22.1. The van der Waals surface area contributed by atoms with Crippen LogP contribution in [0.5, 0.6) is 11.5 Å². The monoisotopic (exact) mass is 240 g/mol. The number of ether oxygens (including phenoxy) is 2. The molecular weight excluding hydrogens is 228 g/mol. The molecule has 0 saturated carbocycles. The second-order valence-corrected chi connectivity index (χ2v) is 3.01. The van der Waals surface area contributed by atoms with Crippen LogP contribution in [0, 0.1) is 10.1 Å². The Kier molecular flexibility index (Phi) is 4.27. The van der Waals surface area contributed by atoms with Gasteiger partial charge in [-0.2, -0.15) is 0 Å². The Balaban J connectivity index is 3.39. The summed E-state index contributed by atoms with van der Waals surface area (Å²) in [5.41, 5.74) is 0.112. The molecule has 92 valence electrons. The largest absolute Gasteiger partial charge is 0.493 e. The Morgan fingerprint density at radius 2 is 2.29 bits per heavy atom. The maximum absolute atomic E-state index is 10.9. The summed E-state index contributed by atoms with van der Waals surface area (Å²) in [6, 6.07) is 2.73. The van der Waals surface area contributed by atoms with Gasteiger partial charge in [0.2, 0.25) is 5.75 Å². The summed E-state index contributed by atoms with van der Waals surface area (Å²) in [4.78, 5) is 10.3. The van der Waals surface area contributed by atoms with Crippen LogP contribution in [0.4, 0.5) is 5.69 Å². The van der Waals surface area contributed by atoms with Gasteiger partial charge in [-0.15, -0.1) is 0 Å². The molecule has 7 nitrogen and oxygen atoms in total. The molecule has 0 saturated heterocycles. The Morgan fingerprint density at radius 3 is 2.76 bits per heavy atom. The molecule has 17 heavy (non-hydrogen) atoms. The highest BCUT2D eigenvalue weighted by Crippen LogP contribution is 2.37. The van der Waals surface area contributed by atoms with E-state index in [0.29, 0.717) is 5.56 Å². The minimum atomic E-state index is -0.581. The van der Waals surface area contributed by atoms with Gasteiger partial charge in [0.05, 0.1) is 24.9 Å². The highest BCUT2D eigenvalue weighted by atomic mass is 16.6. The van der Waals surface area contributed by atoms with Crippen molar-refractivity contribution in [2.24, 2.45) is 5.16 Å². The van der Waals surface area contributed by atoms with Crippen molar-refractivity contribution in [1.29, 1.82) is 0 Å². The van der Waals surface area contributed by atoms with E-state index in [2.05, 4.69) is 5.16 Å². The predicted octanol–water partition coefficient (Wildman–Crippen LogP) is 1.81. The van der Waals surface area contributed by atoms with Crippen LogP contribution in [0.25, 0.3) is 0 Å². The third-order valence-electron chi connectivity index (χ3n) is 1.97. The highest BCUT2D eigenvalue weighted by Gasteiger charge is 2.21. The minimum absolute atomic E-state index is 0.0649. The van der Waals surface area contributed by atoms with E-state index in [1.54, 1.807) is 6.92 Å². The molecule has 1 aromatic rings. The average molecular weight is 240 g/mol. The maximum atomic E-state index is 10.9. The Labute approximate surface area is 97.4 Å². The lowest BCUT2D eigenvalue weighted by Gasteiger charge is -2.10. The van der Waals surface area contributed by atoms with E-state index in [1.807, 2.05) is 0 Å². The number of nitro benzene ring substituents is 1. The zero-order chi connectivity index (χ0) is 12.8. The van der Waals surface area contributed by atoms with Crippen LogP contribution in [0.1, 0.15) is 12.5 Å². The number of hydrogen-bond acceptors (Lipinski definition) is 6. The first-order valence-electron chi connectivity index (χ1n) is 4.80. The van der Waals surface area contributed by atoms with Gasteiger partial charge in [0, 0.05) is 11.6 Å². The SMILES string of the molecule is CCOc1c(OC)cc(/C=N\O)cc1[N+](=O)[O-]. The summed E-state index contributed by atoms with van der Waals surface area (Å²) in [6.07, 6.45) is 1.07. The molecule has 0 atom stereocenters. The molecule has 0 radical (unpaired) electrons. The van der Waals surface area contributed by atoms with Crippen LogP contribution in [0.2, 0.25) is 0 Å². The van der Waals surface area contributed by atoms with E-state index >= 15 is 0 Å². The van der Waals surface area contributed by atoms with Crippen molar-refractivity contribution in [3.05, 3.63) is 27.8 Å². The van der Waals surface area contributed by atoms with Gasteiger partial charge in [0.25, 0.3) is 0 Å². The topological polar surface area (TPSA) is 94.2 Å². The standard InChI is InChI=1S/C10H12N2O5/c1-3-17-10-8(12(14)15)4-7(6-11-13)5-9(10)16-2/h4-6,13H,3H2,1-2H3/b11-6-. The van der Waals surface area contributed by atoms with Crippen molar-refractivity contribution in [2.75, 3.05) is 13.7 Å². The first-order chi connectivity index (χ1) is 8.13. The number of oxime groups is 1. The lowest BCUT2D eigenvalue weighted by atomic mass is 10.2. The van der Waals surface area contributed by atoms with Gasteiger partial charge in [-0.05, 0) is 13.0 Å². The van der Waals surface area contributed by atoms with Crippen LogP contribution < -0.4 is 9.47 Å². The van der Waals surface area contributed by atoms with E-state index in [0.717, 1.165) is 6.21 Å². The predicted molar refractivity (Wildman–Crippen MR) is 60.2 cm³/mol. The smallest absolute Gasteiger partial charge is 0.315 e. The van der Waals surface area contributed by atoms with Gasteiger partial charge >= 0.3 is 5.69 Å². The van der Waals surface area contributed by atoms with E-state index in [9.17, 15) is 10.1 Å². The van der Waals surface area contributed by atoms with Gasteiger partial charge in [-0.25, -0.2) is 0 Å². The highest BCUT2D eigenvalue weighted by molar-refractivity contribution is 5.82. The van der Waals surface area contributed by atoms with Crippen LogP contribution in [-0.4, -0.2) is 30.1 Å². The summed E-state index contributed by atoms with van der Waals surface area (Å²) >= 11 is 0. The van der Waals surface area contributed by atoms with Gasteiger partial charge in [-0.1, -0.05) is 5.16 Å². The van der Waals surface area contributed by atoms with Gasteiger partial charge < -0.3 is 14.7 Å². The van der Waals surface area contributed by atoms with Crippen LogP contribution in [-0.2, 0) is 0 Å². The average Bonchev–Trinajstić information content (AvgIpc) is 2.30. The van der Waals surface area contributed by atoms with Gasteiger partial charge in [-0.3, -0.25) is 10.1 Å². The molecule has 0 aromatic heterocycles. The molecule has 0 bridgehead atoms. The molecular formula is C10H12N2O5. The summed E-state index contributed by atoms with van der Waals surface area (Å²) in [5.74, 6) is 0.283. The van der Waals surface area contributed by atoms with Crippen LogP contribution in [0.3, 0.4) is 0 Å². The molecule has 0 unspecified atom stereocenters. The minimum Gasteiger partial charge on any atom is -0.493 e. The molecule has 1 N–H and O–H groups in total. The van der Waals surface area contributed by atoms with Crippen molar-refractivity contribution in [3.63, 3.8) is 0 Å². The molecule has 1 rings (SSSR count). The van der Waals surface area contributed by atoms with E-state index in [4.69, 9.17) is 14.7 Å². The zero-order valence-electron chi connectivity index (χ0n) is 9.41. The van der Waals surface area contributed by atoms with Gasteiger partial charge in [0.1, 0.15) is 0 Å². The van der Waals surface area contributed by atoms with Crippen LogP contribution in [0.15, 0.2) is 17.3 Å². The Bertz CT molecular complexity index is 445. The number of hydrogen-bond donors (Lipinski definition) is 1. The Hall–Kier alpha value is -2.31. The fourth-order valence-electron chi connectivity index (χ4n) is 1.33. The molecule has 1 aromatic carbocycles. The van der Waals surface area contributed by atoms with Crippen LogP contribution >= 0.6 is 0 Å². The van der Waals surface area contributed by atoms with Crippen molar-refractivity contribution >= 4 is 11.9 Å². The van der Waals surface area contributed by atoms with Crippen molar-refractivity contribution in [2.45, 2.75) is 6.92 Å². The lowest BCUT2D eigenvalue weighted by molar-refractivity contribution is -0.385. The molecule has 0 amide bonds. The van der Waals surface area contributed by atoms with E-state index in [-0.39, 0.29) is 23.8 Å². The van der Waals surface area contributed by atoms with E-state index in [1.165, 1.54) is 19.2 Å². The molecule has 0 spiro atoms. The number of nitro groups is 1. The fourth-order valence-corrected chi connectivity index (χ4v) is 1.33. The van der Waals surface area contributed by atoms with Crippen molar-refractivity contribution in [1.82, 2.24) is 0 Å². The van der Waals surface area contributed by atoms with Crippen molar-refractivity contribution in [3.8, 4) is 11.5 Å². The second kappa shape index (κ2) is 5.69. The molecule has 0 aliphatic rings. The quantitative estimate of drug-likeness (QED) is 0.366. The second-order valence-electron chi connectivity index (χ2n) is 3.01. The van der Waals surface area contributed by atoms with Gasteiger partial charge in [0.15, 0.2) is 5.75 Å². The first kappa shape index (κ1) is 12.8. The van der Waals surface area contributed by atoms with Crippen molar-refractivity contribution < 1.29 is 19.6 Å². The molecule has 0 aliphatic heterocycles. The molecule has 0 fully saturated rings. The number of benzene rings is 1. The molecule has 0 heterocycles. The molecule has 0 aliphatic carbocycles. The maximum Gasteiger partial charge on any atom is 0.315 e. The number of rotatable bonds is 5. The summed E-state index contributed by atoms with van der Waals surface area (Å²) < 4.78 is 10.2. The first-order valence-corrected chi connectivity index (χ1v) is 4.80. The fraction of sp³-hybridized carbons (Fsp3) is 0.300. The Morgan fingerprint density at radius 1 is 1.59 bits per heavy atom. The third kappa shape index (κ3) is 2.83. The van der Waals surface area contributed by atoms with E-state index < -0.39 is 4.92 Å². The molecule has 7 heteroatoms. The third-order valence-corrected chi connectivity index (χ3v) is 1.97. The zero-order valence-corrected chi connectivity index (χ0v) is 9.41. The lowest BCUT2D eigenvalue weighted by Crippen LogP contribution is -2.01. The summed E-state index contributed by atoms with van der Waals surface area (Å²) in [7, 11) is 1.38.